The molecule has 1 unspecified atom stereocenters. The first-order chi connectivity index (χ1) is 10.2. The Hall–Kier alpha value is -1.74. The second-order valence-corrected chi connectivity index (χ2v) is 5.70. The minimum Gasteiger partial charge on any atom is -0.309 e. The minimum absolute atomic E-state index is 0.195. The van der Waals surface area contributed by atoms with Crippen molar-refractivity contribution < 1.29 is 8.78 Å². The van der Waals surface area contributed by atoms with Gasteiger partial charge in [0.25, 0.3) is 0 Å². The van der Waals surface area contributed by atoms with Gasteiger partial charge in [-0.2, -0.15) is 0 Å². The van der Waals surface area contributed by atoms with E-state index in [2.05, 4.69) is 5.32 Å². The van der Waals surface area contributed by atoms with E-state index in [9.17, 15) is 8.78 Å². The average Bonchev–Trinajstić information content (AvgIpc) is 3.31. The van der Waals surface area contributed by atoms with Gasteiger partial charge in [0.2, 0.25) is 0 Å². The SMILES string of the molecule is Fc1ccc(CCNC(c2ccc(F)cc2)C2CC2)cc1. The first-order valence-electron chi connectivity index (χ1n) is 7.45. The van der Waals surface area contributed by atoms with Gasteiger partial charge in [-0.15, -0.1) is 0 Å². The molecule has 2 aromatic rings. The molecule has 1 aliphatic rings. The van der Waals surface area contributed by atoms with Crippen molar-refractivity contribution in [3.05, 3.63) is 71.3 Å². The van der Waals surface area contributed by atoms with Crippen molar-refractivity contribution in [2.75, 3.05) is 6.54 Å². The molecular weight excluding hydrogens is 268 g/mol. The normalized spacial score (nSPS) is 15.9. The van der Waals surface area contributed by atoms with E-state index in [1.807, 2.05) is 24.3 Å². The standard InChI is InChI=1S/C18H19F2N/c19-16-7-1-13(2-8-16)11-12-21-18(14-3-4-14)15-5-9-17(20)10-6-15/h1-2,5-10,14,18,21H,3-4,11-12H2. The Morgan fingerprint density at radius 3 is 2.05 bits per heavy atom. The number of halogens is 2. The number of hydrogen-bond acceptors (Lipinski definition) is 1. The van der Waals surface area contributed by atoms with Crippen LogP contribution in [0.3, 0.4) is 0 Å². The van der Waals surface area contributed by atoms with Crippen LogP contribution >= 0.6 is 0 Å². The molecule has 2 aromatic carbocycles. The predicted octanol–water partition coefficient (Wildman–Crippen LogP) is 4.25. The van der Waals surface area contributed by atoms with Gasteiger partial charge in [0.15, 0.2) is 0 Å². The topological polar surface area (TPSA) is 12.0 Å². The van der Waals surface area contributed by atoms with Crippen LogP contribution in [0.15, 0.2) is 48.5 Å². The van der Waals surface area contributed by atoms with Crippen molar-refractivity contribution in [1.29, 1.82) is 0 Å². The molecule has 1 saturated carbocycles. The van der Waals surface area contributed by atoms with Crippen molar-refractivity contribution in [3.63, 3.8) is 0 Å². The van der Waals surface area contributed by atoms with E-state index < -0.39 is 0 Å². The molecular formula is C18H19F2N. The lowest BCUT2D eigenvalue weighted by molar-refractivity contribution is 0.483. The highest BCUT2D eigenvalue weighted by atomic mass is 19.1. The summed E-state index contributed by atoms with van der Waals surface area (Å²) in [5.74, 6) is 0.261. The largest absolute Gasteiger partial charge is 0.309 e. The lowest BCUT2D eigenvalue weighted by atomic mass is 10.0. The Labute approximate surface area is 124 Å². The lowest BCUT2D eigenvalue weighted by Gasteiger charge is -2.19. The molecule has 1 N–H and O–H groups in total. The average molecular weight is 287 g/mol. The summed E-state index contributed by atoms with van der Waals surface area (Å²) in [5.41, 5.74) is 2.27. The van der Waals surface area contributed by atoms with Crippen LogP contribution in [0.1, 0.15) is 30.0 Å². The molecule has 0 saturated heterocycles. The lowest BCUT2D eigenvalue weighted by Crippen LogP contribution is -2.25. The first-order valence-corrected chi connectivity index (χ1v) is 7.45. The smallest absolute Gasteiger partial charge is 0.123 e. The molecule has 0 radical (unpaired) electrons. The highest BCUT2D eigenvalue weighted by Gasteiger charge is 2.31. The summed E-state index contributed by atoms with van der Waals surface area (Å²) in [4.78, 5) is 0. The van der Waals surface area contributed by atoms with E-state index >= 15 is 0 Å². The van der Waals surface area contributed by atoms with Gasteiger partial charge in [-0.1, -0.05) is 24.3 Å². The third-order valence-corrected chi connectivity index (χ3v) is 4.01. The van der Waals surface area contributed by atoms with Gasteiger partial charge >= 0.3 is 0 Å². The fourth-order valence-corrected chi connectivity index (χ4v) is 2.68. The van der Waals surface area contributed by atoms with Crippen LogP contribution in [-0.4, -0.2) is 6.54 Å². The molecule has 1 aliphatic carbocycles. The molecule has 0 aliphatic heterocycles. The first kappa shape index (κ1) is 14.2. The zero-order chi connectivity index (χ0) is 14.7. The Balaban J connectivity index is 1.58. The van der Waals surface area contributed by atoms with Crippen LogP contribution in [0.25, 0.3) is 0 Å². The van der Waals surface area contributed by atoms with Crippen molar-refractivity contribution in [3.8, 4) is 0 Å². The number of hydrogen-bond donors (Lipinski definition) is 1. The van der Waals surface area contributed by atoms with Gasteiger partial charge in [-0.05, 0) is 67.1 Å². The minimum atomic E-state index is -0.200. The highest BCUT2D eigenvalue weighted by molar-refractivity contribution is 5.22. The molecule has 0 spiro atoms. The summed E-state index contributed by atoms with van der Waals surface area (Å²) in [7, 11) is 0. The highest BCUT2D eigenvalue weighted by Crippen LogP contribution is 2.40. The van der Waals surface area contributed by atoms with E-state index in [1.54, 1.807) is 0 Å². The summed E-state index contributed by atoms with van der Waals surface area (Å²) in [6.07, 6.45) is 3.32. The summed E-state index contributed by atoms with van der Waals surface area (Å²) in [6, 6.07) is 13.7. The van der Waals surface area contributed by atoms with Crippen LogP contribution in [0.2, 0.25) is 0 Å². The molecule has 110 valence electrons. The van der Waals surface area contributed by atoms with Crippen LogP contribution in [0.5, 0.6) is 0 Å². The summed E-state index contributed by atoms with van der Waals surface area (Å²) in [6.45, 7) is 0.837. The van der Waals surface area contributed by atoms with E-state index in [1.165, 1.54) is 37.1 Å². The molecule has 21 heavy (non-hydrogen) atoms. The third kappa shape index (κ3) is 3.88. The third-order valence-electron chi connectivity index (χ3n) is 4.01. The van der Waals surface area contributed by atoms with Crippen LogP contribution < -0.4 is 5.32 Å². The number of benzene rings is 2. The molecule has 1 nitrogen and oxygen atoms in total. The number of nitrogens with one attached hydrogen (secondary N) is 1. The van der Waals surface area contributed by atoms with E-state index in [0.29, 0.717) is 12.0 Å². The molecule has 0 heterocycles. The molecule has 3 heteroatoms. The van der Waals surface area contributed by atoms with Gasteiger partial charge in [-0.25, -0.2) is 8.78 Å². The van der Waals surface area contributed by atoms with Gasteiger partial charge < -0.3 is 5.32 Å². The monoisotopic (exact) mass is 287 g/mol. The summed E-state index contributed by atoms with van der Waals surface area (Å²) in [5, 5.41) is 3.56. The maximum Gasteiger partial charge on any atom is 0.123 e. The maximum absolute atomic E-state index is 13.0. The fourth-order valence-electron chi connectivity index (χ4n) is 2.68. The molecule has 3 rings (SSSR count). The Morgan fingerprint density at radius 1 is 0.905 bits per heavy atom. The van der Waals surface area contributed by atoms with Crippen LogP contribution in [-0.2, 0) is 6.42 Å². The Kier molecular flexibility index (Phi) is 4.30. The summed E-state index contributed by atoms with van der Waals surface area (Å²) < 4.78 is 25.9. The maximum atomic E-state index is 13.0. The second kappa shape index (κ2) is 6.35. The van der Waals surface area contributed by atoms with Crippen LogP contribution in [0, 0.1) is 17.6 Å². The zero-order valence-corrected chi connectivity index (χ0v) is 11.9. The Morgan fingerprint density at radius 2 is 1.48 bits per heavy atom. The van der Waals surface area contributed by atoms with E-state index in [0.717, 1.165) is 24.1 Å². The van der Waals surface area contributed by atoms with Gasteiger partial charge in [0.1, 0.15) is 11.6 Å². The Bertz CT molecular complexity index is 573. The molecule has 1 fully saturated rings. The van der Waals surface area contributed by atoms with E-state index in [-0.39, 0.29) is 11.6 Å². The van der Waals surface area contributed by atoms with Crippen LogP contribution in [0.4, 0.5) is 8.78 Å². The molecule has 0 aromatic heterocycles. The molecule has 1 atom stereocenters. The van der Waals surface area contributed by atoms with Gasteiger partial charge in [-0.3, -0.25) is 0 Å². The number of rotatable bonds is 6. The quantitative estimate of drug-likeness (QED) is 0.837. The zero-order valence-electron chi connectivity index (χ0n) is 11.9. The second-order valence-electron chi connectivity index (χ2n) is 5.70. The van der Waals surface area contributed by atoms with Gasteiger partial charge in [0.05, 0.1) is 0 Å². The van der Waals surface area contributed by atoms with Gasteiger partial charge in [0, 0.05) is 6.04 Å². The van der Waals surface area contributed by atoms with Crippen molar-refractivity contribution in [2.24, 2.45) is 5.92 Å². The molecule has 0 amide bonds. The van der Waals surface area contributed by atoms with Crippen molar-refractivity contribution in [2.45, 2.75) is 25.3 Å². The molecule has 0 bridgehead atoms. The van der Waals surface area contributed by atoms with Crippen molar-refractivity contribution in [1.82, 2.24) is 5.32 Å². The van der Waals surface area contributed by atoms with Crippen molar-refractivity contribution >= 4 is 0 Å². The predicted molar refractivity (Wildman–Crippen MR) is 80.0 cm³/mol. The summed E-state index contributed by atoms with van der Waals surface area (Å²) >= 11 is 0. The van der Waals surface area contributed by atoms with E-state index in [4.69, 9.17) is 0 Å². The fraction of sp³-hybridized carbons (Fsp3) is 0.333.